The fourth-order valence-corrected chi connectivity index (χ4v) is 10.1. The molecule has 0 aromatic heterocycles. The molecule has 0 aromatic rings. The first-order valence-electron chi connectivity index (χ1n) is 23.9. The van der Waals surface area contributed by atoms with Crippen molar-refractivity contribution >= 4 is 29.2 Å². The van der Waals surface area contributed by atoms with Gasteiger partial charge in [0.05, 0.1) is 24.4 Å². The Morgan fingerprint density at radius 2 is 1.57 bits per heavy atom. The van der Waals surface area contributed by atoms with E-state index in [-0.39, 0.29) is 54.8 Å². The number of carbonyl (C=O) groups is 5. The van der Waals surface area contributed by atoms with Crippen LogP contribution in [0.2, 0.25) is 0 Å². The number of nitrogens with zero attached hydrogens (tertiary/aromatic N) is 1. The maximum Gasteiger partial charge on any atom is 0.329 e. The zero-order valence-electron chi connectivity index (χ0n) is 40.6. The standard InChI is InChI=1S/C51H79NO13/c1-30-16-12-11-13-17-31(2)42(61-8)28-38-21-19-36(7)51(60,65-38)48(57)49(58)52-23-15-14-18-39(52)50(59)64-43(33(4)26-37-20-22-40(53)44(27-37)62-9)29-41(54)32(3)25-35(6)46(56)47(63-10)45(55)34(5)24-30/h11-13,16-17,25,30,32-34,36-40,42-44,46-47,53,56,60H,14-15,18-24,26-29H2,1-10H3/b13-11?,16-12+,31-17?,35-25+/t30-,32-,33-,34-,36-,37+,38+,39+,40-,42+,43?,44-,46+,47-,51-/m1/s1. The Balaban J connectivity index is 1.70. The van der Waals surface area contributed by atoms with E-state index in [9.17, 15) is 39.3 Å². The van der Waals surface area contributed by atoms with Gasteiger partial charge >= 0.3 is 5.97 Å². The van der Waals surface area contributed by atoms with E-state index in [0.29, 0.717) is 63.4 Å². The van der Waals surface area contributed by atoms with Gasteiger partial charge in [0.1, 0.15) is 30.1 Å². The van der Waals surface area contributed by atoms with Crippen molar-refractivity contribution in [1.82, 2.24) is 4.90 Å². The Bertz CT molecular complexity index is 1760. The maximum atomic E-state index is 14.4. The highest BCUT2D eigenvalue weighted by molar-refractivity contribution is 6.39. The van der Waals surface area contributed by atoms with Crippen molar-refractivity contribution < 1.29 is 63.0 Å². The summed E-state index contributed by atoms with van der Waals surface area (Å²) in [6, 6.07) is -1.14. The number of esters is 1. The third-order valence-electron chi connectivity index (χ3n) is 14.5. The Morgan fingerprint density at radius 1 is 0.846 bits per heavy atom. The number of hydrogen-bond acceptors (Lipinski definition) is 13. The largest absolute Gasteiger partial charge is 0.460 e. The van der Waals surface area contributed by atoms with Crippen LogP contribution in [0.1, 0.15) is 126 Å². The van der Waals surface area contributed by atoms with E-state index in [1.807, 2.05) is 58.1 Å². The first-order valence-corrected chi connectivity index (χ1v) is 23.9. The minimum absolute atomic E-state index is 0.0193. The fraction of sp³-hybridized carbons (Fsp3) is 0.745. The summed E-state index contributed by atoms with van der Waals surface area (Å²) in [4.78, 5) is 71.8. The number of hydrogen-bond donors (Lipinski definition) is 3. The zero-order chi connectivity index (χ0) is 48.2. The highest BCUT2D eigenvalue weighted by atomic mass is 16.6. The van der Waals surface area contributed by atoms with Gasteiger partial charge in [-0.3, -0.25) is 19.2 Å². The summed E-state index contributed by atoms with van der Waals surface area (Å²) in [6.07, 6.45) is 11.2. The van der Waals surface area contributed by atoms with Crippen LogP contribution in [0.3, 0.4) is 0 Å². The minimum atomic E-state index is -2.43. The molecular weight excluding hydrogens is 835 g/mol. The molecule has 0 radical (unpaired) electrons. The highest BCUT2D eigenvalue weighted by Crippen LogP contribution is 2.38. The molecule has 15 atom stereocenters. The summed E-state index contributed by atoms with van der Waals surface area (Å²) in [5.74, 6) is -7.96. The number of ether oxygens (including phenoxy) is 5. The van der Waals surface area contributed by atoms with Crippen molar-refractivity contribution in [3.63, 3.8) is 0 Å². The summed E-state index contributed by atoms with van der Waals surface area (Å²) < 4.78 is 29.4. The lowest BCUT2D eigenvalue weighted by Gasteiger charge is -2.42. The summed E-state index contributed by atoms with van der Waals surface area (Å²) >= 11 is 0. The van der Waals surface area contributed by atoms with E-state index in [4.69, 9.17) is 23.7 Å². The van der Waals surface area contributed by atoms with Crippen LogP contribution in [-0.4, -0.2) is 132 Å². The zero-order valence-corrected chi connectivity index (χ0v) is 40.6. The molecule has 14 heteroatoms. The van der Waals surface area contributed by atoms with Gasteiger partial charge in [-0.2, -0.15) is 0 Å². The van der Waals surface area contributed by atoms with Crippen LogP contribution in [0.4, 0.5) is 0 Å². The van der Waals surface area contributed by atoms with E-state index >= 15 is 0 Å². The predicted molar refractivity (Wildman–Crippen MR) is 245 cm³/mol. The van der Waals surface area contributed by atoms with Crippen molar-refractivity contribution in [2.75, 3.05) is 27.9 Å². The Morgan fingerprint density at radius 3 is 2.25 bits per heavy atom. The maximum absolute atomic E-state index is 14.4. The molecule has 3 fully saturated rings. The average Bonchev–Trinajstić information content (AvgIpc) is 3.28. The van der Waals surface area contributed by atoms with Crippen LogP contribution in [0, 0.1) is 35.5 Å². The second-order valence-electron chi connectivity index (χ2n) is 19.6. The molecule has 65 heavy (non-hydrogen) atoms. The average molecular weight is 914 g/mol. The number of rotatable bonds is 6. The fourth-order valence-electron chi connectivity index (χ4n) is 10.1. The Labute approximate surface area is 387 Å². The number of methoxy groups -OCH3 is 3. The number of amides is 1. The van der Waals surface area contributed by atoms with Crippen LogP contribution in [0.5, 0.6) is 0 Å². The number of carbonyl (C=O) groups excluding carboxylic acids is 5. The Kier molecular flexibility index (Phi) is 21.0. The topological polar surface area (TPSA) is 195 Å². The van der Waals surface area contributed by atoms with E-state index in [1.165, 1.54) is 12.0 Å². The number of fused-ring (bicyclic) bond motifs is 3. The van der Waals surface area contributed by atoms with Gasteiger partial charge in [-0.25, -0.2) is 4.79 Å². The van der Waals surface area contributed by atoms with Crippen molar-refractivity contribution in [2.24, 2.45) is 35.5 Å². The number of aliphatic hydroxyl groups excluding tert-OH is 2. The highest BCUT2D eigenvalue weighted by Gasteiger charge is 2.53. The molecular formula is C51H79NO13. The molecule has 1 aliphatic carbocycles. The van der Waals surface area contributed by atoms with Crippen molar-refractivity contribution in [1.29, 1.82) is 0 Å². The van der Waals surface area contributed by atoms with Gasteiger partial charge in [-0.05, 0) is 107 Å². The molecule has 1 amide bonds. The van der Waals surface area contributed by atoms with Gasteiger partial charge in [0.15, 0.2) is 5.78 Å². The lowest BCUT2D eigenvalue weighted by molar-refractivity contribution is -0.265. The molecule has 3 aliphatic heterocycles. The lowest BCUT2D eigenvalue weighted by Crippen LogP contribution is -2.61. The second kappa shape index (κ2) is 25.1. The van der Waals surface area contributed by atoms with Crippen LogP contribution >= 0.6 is 0 Å². The second-order valence-corrected chi connectivity index (χ2v) is 19.6. The normalized spacial score (nSPS) is 39.1. The molecule has 4 aliphatic rings. The molecule has 366 valence electrons. The molecule has 0 spiro atoms. The monoisotopic (exact) mass is 914 g/mol. The molecule has 1 unspecified atom stereocenters. The first kappa shape index (κ1) is 54.2. The molecule has 0 aromatic carbocycles. The molecule has 14 nitrogen and oxygen atoms in total. The third kappa shape index (κ3) is 14.3. The van der Waals surface area contributed by atoms with Crippen molar-refractivity contribution in [3.8, 4) is 0 Å². The summed E-state index contributed by atoms with van der Waals surface area (Å²) in [7, 11) is 4.52. The number of allylic oxidation sites excluding steroid dienone is 6. The lowest BCUT2D eigenvalue weighted by atomic mass is 9.78. The molecule has 3 N–H and O–H groups in total. The van der Waals surface area contributed by atoms with Gasteiger partial charge in [-0.1, -0.05) is 71.1 Å². The van der Waals surface area contributed by atoms with Crippen LogP contribution in [0.15, 0.2) is 47.6 Å². The summed E-state index contributed by atoms with van der Waals surface area (Å²) in [5, 5.41) is 33.8. The van der Waals surface area contributed by atoms with Gasteiger partial charge in [0.2, 0.25) is 5.79 Å². The number of aliphatic hydroxyl groups is 3. The van der Waals surface area contributed by atoms with E-state index < -0.39 is 83.9 Å². The number of cyclic esters (lactones) is 1. The van der Waals surface area contributed by atoms with Crippen molar-refractivity contribution in [2.45, 2.75) is 180 Å². The quantitative estimate of drug-likeness (QED) is 0.156. The van der Waals surface area contributed by atoms with Gasteiger partial charge in [0, 0.05) is 58.5 Å². The predicted octanol–water partition coefficient (Wildman–Crippen LogP) is 6.18. The summed E-state index contributed by atoms with van der Waals surface area (Å²) in [6.45, 7) is 12.7. The van der Waals surface area contributed by atoms with Gasteiger partial charge < -0.3 is 43.9 Å². The van der Waals surface area contributed by atoms with E-state index in [0.717, 1.165) is 12.0 Å². The van der Waals surface area contributed by atoms with Crippen LogP contribution in [0.25, 0.3) is 0 Å². The molecule has 4 rings (SSSR count). The number of ketones is 3. The molecule has 2 bridgehead atoms. The first-order chi connectivity index (χ1) is 30.7. The molecule has 3 heterocycles. The number of piperidine rings is 1. The summed E-state index contributed by atoms with van der Waals surface area (Å²) in [5.41, 5.74) is 1.27. The van der Waals surface area contributed by atoms with Crippen LogP contribution in [-0.2, 0) is 47.7 Å². The third-order valence-corrected chi connectivity index (χ3v) is 14.5. The molecule has 1 saturated carbocycles. The van der Waals surface area contributed by atoms with E-state index in [1.54, 1.807) is 41.1 Å². The smallest absolute Gasteiger partial charge is 0.329 e. The number of Topliss-reactive ketones (excluding diaryl/α,β-unsaturated/α-hetero) is 3. The van der Waals surface area contributed by atoms with Crippen LogP contribution < -0.4 is 0 Å². The SMILES string of the molecule is CO[C@H]1C[C@@H]2CC[C@@H](C)[C@@](O)(O2)C(=O)C(=O)N2CCCC[C@H]2C(=O)OC([C@H](C)C[C@@H]2CC[C@@H](O)[C@H](OC)C2)CC(=O)[C@H](C)/C=C(\C)[C@H](O)[C@H](OC)C(=O)[C@H](C)C[C@H](C)/C=C/C=CC=C1C. The minimum Gasteiger partial charge on any atom is -0.460 e. The van der Waals surface area contributed by atoms with Crippen molar-refractivity contribution in [3.05, 3.63) is 47.6 Å². The van der Waals surface area contributed by atoms with E-state index in [2.05, 4.69) is 0 Å². The van der Waals surface area contributed by atoms with Gasteiger partial charge in [-0.15, -0.1) is 0 Å². The molecule has 2 saturated heterocycles. The Hall–Kier alpha value is -3.37. The van der Waals surface area contributed by atoms with Gasteiger partial charge in [0.25, 0.3) is 11.7 Å².